The Morgan fingerprint density at radius 1 is 1.53 bits per heavy atom. The van der Waals surface area contributed by atoms with Gasteiger partial charge in [0.25, 0.3) is 5.91 Å². The Hall–Kier alpha value is -1.13. The lowest BCUT2D eigenvalue weighted by molar-refractivity contribution is 0.0938. The Bertz CT molecular complexity index is 421. The van der Waals surface area contributed by atoms with E-state index in [2.05, 4.69) is 5.32 Å². The van der Waals surface area contributed by atoms with Crippen molar-refractivity contribution in [1.29, 1.82) is 0 Å². The maximum atomic E-state index is 12.9. The molecule has 0 radical (unpaired) electrons. The molecule has 0 spiro atoms. The summed E-state index contributed by atoms with van der Waals surface area (Å²) in [6.07, 6.45) is 0. The highest BCUT2D eigenvalue weighted by Crippen LogP contribution is 2.16. The number of nitrogens with two attached hydrogens (primary N) is 1. The molecule has 17 heavy (non-hydrogen) atoms. The first-order valence-corrected chi connectivity index (χ1v) is 5.67. The lowest BCUT2D eigenvalue weighted by Gasteiger charge is -2.22. The number of rotatable bonds is 4. The van der Waals surface area contributed by atoms with E-state index in [4.69, 9.17) is 17.3 Å². The zero-order chi connectivity index (χ0) is 13.1. The van der Waals surface area contributed by atoms with Gasteiger partial charge in [-0.2, -0.15) is 0 Å². The molecule has 0 heterocycles. The topological polar surface area (TPSA) is 55.1 Å². The minimum absolute atomic E-state index is 0.0595. The number of nitrogens with one attached hydrogen (secondary N) is 1. The molecule has 0 aliphatic heterocycles. The van der Waals surface area contributed by atoms with Crippen LogP contribution in [0.15, 0.2) is 18.2 Å². The van der Waals surface area contributed by atoms with Crippen LogP contribution < -0.4 is 11.1 Å². The van der Waals surface area contributed by atoms with Gasteiger partial charge in [-0.1, -0.05) is 25.4 Å². The summed E-state index contributed by atoms with van der Waals surface area (Å²) in [4.78, 5) is 11.7. The maximum absolute atomic E-state index is 12.9. The molecule has 0 aromatic heterocycles. The summed E-state index contributed by atoms with van der Waals surface area (Å²) in [7, 11) is 0. The van der Waals surface area contributed by atoms with Gasteiger partial charge in [0, 0.05) is 12.1 Å². The zero-order valence-corrected chi connectivity index (χ0v) is 10.6. The molecule has 1 aromatic carbocycles. The summed E-state index contributed by atoms with van der Waals surface area (Å²) < 4.78 is 12.9. The molecular formula is C12H16ClFN2O. The molecule has 0 bridgehead atoms. The summed E-state index contributed by atoms with van der Waals surface area (Å²) >= 11 is 5.60. The van der Waals surface area contributed by atoms with Gasteiger partial charge in [0.1, 0.15) is 5.82 Å². The van der Waals surface area contributed by atoms with E-state index in [1.54, 1.807) is 0 Å². The van der Waals surface area contributed by atoms with E-state index in [0.717, 1.165) is 0 Å². The maximum Gasteiger partial charge on any atom is 0.251 e. The molecule has 1 aromatic rings. The minimum atomic E-state index is -0.537. The highest BCUT2D eigenvalue weighted by Gasteiger charge is 2.17. The van der Waals surface area contributed by atoms with Gasteiger partial charge < -0.3 is 11.1 Å². The summed E-state index contributed by atoms with van der Waals surface area (Å²) in [6.45, 7) is 4.82. The molecule has 94 valence electrons. The standard InChI is InChI=1S/C12H16ClFN2O/c1-12(2,6-15)7-16-11(17)8-3-4-10(14)9(13)5-8/h3-5H,6-7,15H2,1-2H3,(H,16,17). The highest BCUT2D eigenvalue weighted by atomic mass is 35.5. The van der Waals surface area contributed by atoms with Crippen LogP contribution in [0.4, 0.5) is 4.39 Å². The molecule has 0 fully saturated rings. The largest absolute Gasteiger partial charge is 0.351 e. The van der Waals surface area contributed by atoms with Gasteiger partial charge in [-0.05, 0) is 30.2 Å². The monoisotopic (exact) mass is 258 g/mol. The third-order valence-electron chi connectivity index (χ3n) is 2.46. The SMILES string of the molecule is CC(C)(CN)CNC(=O)c1ccc(F)c(Cl)c1. The predicted molar refractivity (Wildman–Crippen MR) is 66.6 cm³/mol. The second kappa shape index (κ2) is 5.47. The molecule has 1 rings (SSSR count). The third kappa shape index (κ3) is 3.98. The van der Waals surface area contributed by atoms with Crippen molar-refractivity contribution < 1.29 is 9.18 Å². The fraction of sp³-hybridized carbons (Fsp3) is 0.417. The van der Waals surface area contributed by atoms with Crippen LogP contribution >= 0.6 is 11.6 Å². The highest BCUT2D eigenvalue weighted by molar-refractivity contribution is 6.31. The van der Waals surface area contributed by atoms with Crippen LogP contribution in [0.5, 0.6) is 0 Å². The molecule has 1 amide bonds. The first-order valence-electron chi connectivity index (χ1n) is 5.29. The van der Waals surface area contributed by atoms with Gasteiger partial charge in [-0.15, -0.1) is 0 Å². The van der Waals surface area contributed by atoms with Gasteiger partial charge in [-0.3, -0.25) is 4.79 Å². The summed E-state index contributed by atoms with van der Waals surface area (Å²) in [5, 5.41) is 2.68. The predicted octanol–water partition coefficient (Wildman–Crippen LogP) is 2.19. The van der Waals surface area contributed by atoms with Crippen molar-refractivity contribution >= 4 is 17.5 Å². The lowest BCUT2D eigenvalue weighted by Crippen LogP contribution is -2.38. The molecular weight excluding hydrogens is 243 g/mol. The van der Waals surface area contributed by atoms with Crippen LogP contribution in [0, 0.1) is 11.2 Å². The van der Waals surface area contributed by atoms with Gasteiger partial charge in [-0.25, -0.2) is 4.39 Å². The van der Waals surface area contributed by atoms with E-state index in [-0.39, 0.29) is 16.3 Å². The summed E-state index contributed by atoms with van der Waals surface area (Å²) in [5.41, 5.74) is 5.72. The van der Waals surface area contributed by atoms with Crippen LogP contribution in [-0.4, -0.2) is 19.0 Å². The van der Waals surface area contributed by atoms with Crippen molar-refractivity contribution in [3.05, 3.63) is 34.6 Å². The fourth-order valence-corrected chi connectivity index (χ4v) is 1.31. The first kappa shape index (κ1) is 13.9. The quantitative estimate of drug-likeness (QED) is 0.870. The Morgan fingerprint density at radius 2 is 2.18 bits per heavy atom. The number of benzene rings is 1. The first-order chi connectivity index (χ1) is 7.85. The van der Waals surface area contributed by atoms with Crippen molar-refractivity contribution in [3.8, 4) is 0 Å². The van der Waals surface area contributed by atoms with E-state index in [0.29, 0.717) is 18.7 Å². The molecule has 0 saturated heterocycles. The Morgan fingerprint density at radius 3 is 2.71 bits per heavy atom. The number of amides is 1. The third-order valence-corrected chi connectivity index (χ3v) is 2.75. The van der Waals surface area contributed by atoms with E-state index in [9.17, 15) is 9.18 Å². The molecule has 0 saturated carbocycles. The average molecular weight is 259 g/mol. The fourth-order valence-electron chi connectivity index (χ4n) is 1.13. The second-order valence-corrected chi connectivity index (χ2v) is 5.09. The van der Waals surface area contributed by atoms with E-state index < -0.39 is 5.82 Å². The van der Waals surface area contributed by atoms with E-state index >= 15 is 0 Å². The minimum Gasteiger partial charge on any atom is -0.351 e. The van der Waals surface area contributed by atoms with Gasteiger partial charge in [0.05, 0.1) is 5.02 Å². The van der Waals surface area contributed by atoms with E-state index in [1.807, 2.05) is 13.8 Å². The molecule has 0 aliphatic rings. The zero-order valence-electron chi connectivity index (χ0n) is 9.89. The smallest absolute Gasteiger partial charge is 0.251 e. The number of hydrogen-bond donors (Lipinski definition) is 2. The van der Waals surface area contributed by atoms with Crippen LogP contribution in [0.3, 0.4) is 0 Å². The summed E-state index contributed by atoms with van der Waals surface area (Å²) in [5.74, 6) is -0.820. The summed E-state index contributed by atoms with van der Waals surface area (Å²) in [6, 6.07) is 3.87. The Labute approximate surface area is 105 Å². The van der Waals surface area contributed by atoms with Gasteiger partial charge >= 0.3 is 0 Å². The second-order valence-electron chi connectivity index (χ2n) is 4.68. The normalized spacial score (nSPS) is 11.4. The molecule has 5 heteroatoms. The van der Waals surface area contributed by atoms with Crippen LogP contribution in [0.1, 0.15) is 24.2 Å². The molecule has 0 atom stereocenters. The average Bonchev–Trinajstić information content (AvgIpc) is 2.30. The number of hydrogen-bond acceptors (Lipinski definition) is 2. The molecule has 3 N–H and O–H groups in total. The number of halogens is 2. The van der Waals surface area contributed by atoms with Crippen molar-refractivity contribution in [1.82, 2.24) is 5.32 Å². The Kier molecular flexibility index (Phi) is 4.48. The van der Waals surface area contributed by atoms with Gasteiger partial charge in [0.2, 0.25) is 0 Å². The van der Waals surface area contributed by atoms with E-state index in [1.165, 1.54) is 18.2 Å². The van der Waals surface area contributed by atoms with Crippen molar-refractivity contribution in [3.63, 3.8) is 0 Å². The molecule has 3 nitrogen and oxygen atoms in total. The van der Waals surface area contributed by atoms with Crippen LogP contribution in [0.25, 0.3) is 0 Å². The van der Waals surface area contributed by atoms with Crippen LogP contribution in [0.2, 0.25) is 5.02 Å². The Balaban J connectivity index is 2.68. The number of carbonyl (C=O) groups is 1. The molecule has 0 aliphatic carbocycles. The van der Waals surface area contributed by atoms with Crippen molar-refractivity contribution in [2.75, 3.05) is 13.1 Å². The molecule has 0 unspecified atom stereocenters. The van der Waals surface area contributed by atoms with Crippen molar-refractivity contribution in [2.24, 2.45) is 11.1 Å². The van der Waals surface area contributed by atoms with Crippen LogP contribution in [-0.2, 0) is 0 Å². The van der Waals surface area contributed by atoms with Crippen molar-refractivity contribution in [2.45, 2.75) is 13.8 Å². The number of carbonyl (C=O) groups excluding carboxylic acids is 1. The van der Waals surface area contributed by atoms with Gasteiger partial charge in [0.15, 0.2) is 0 Å². The lowest BCUT2D eigenvalue weighted by atomic mass is 9.94.